The minimum atomic E-state index is -0.865. The number of anilines is 1. The fourth-order valence-corrected chi connectivity index (χ4v) is 5.42. The number of terminal acetylenes is 1. The van der Waals surface area contributed by atoms with E-state index in [-0.39, 0.29) is 18.4 Å². The Kier molecular flexibility index (Phi) is 8.59. The van der Waals surface area contributed by atoms with E-state index in [2.05, 4.69) is 16.2 Å². The van der Waals surface area contributed by atoms with Gasteiger partial charge in [-0.25, -0.2) is 4.39 Å². The number of piperidine rings is 1. The molecule has 0 aliphatic carbocycles. The summed E-state index contributed by atoms with van der Waals surface area (Å²) in [4.78, 5) is 30.3. The topological polar surface area (TPSA) is 91.8 Å². The van der Waals surface area contributed by atoms with Crippen LogP contribution in [0.15, 0.2) is 48.7 Å². The average molecular weight is 518 g/mol. The first kappa shape index (κ1) is 27.1. The Balaban J connectivity index is 1.46. The lowest BCUT2D eigenvalue weighted by molar-refractivity contribution is -0.146. The number of carbonyl (C=O) groups excluding carboxylic acids is 1. The second-order valence-corrected chi connectivity index (χ2v) is 9.72. The van der Waals surface area contributed by atoms with Gasteiger partial charge in [0.25, 0.3) is 0 Å². The van der Waals surface area contributed by atoms with E-state index in [0.29, 0.717) is 24.2 Å². The van der Waals surface area contributed by atoms with Crippen molar-refractivity contribution in [3.63, 3.8) is 0 Å². The van der Waals surface area contributed by atoms with Crippen LogP contribution < -0.4 is 10.1 Å². The summed E-state index contributed by atoms with van der Waals surface area (Å²) >= 11 is 0. The van der Waals surface area contributed by atoms with E-state index in [1.165, 1.54) is 25.1 Å². The molecule has 1 fully saturated rings. The largest absolute Gasteiger partial charge is 0.497 e. The van der Waals surface area contributed by atoms with Gasteiger partial charge in [0.2, 0.25) is 5.91 Å². The molecule has 198 valence electrons. The fourth-order valence-electron chi connectivity index (χ4n) is 5.42. The zero-order valence-electron chi connectivity index (χ0n) is 21.6. The van der Waals surface area contributed by atoms with Gasteiger partial charge in [0.15, 0.2) is 0 Å². The van der Waals surface area contributed by atoms with E-state index in [4.69, 9.17) is 11.2 Å². The number of methoxy groups -OCH3 is 1. The monoisotopic (exact) mass is 517 g/mol. The van der Waals surface area contributed by atoms with E-state index in [1.807, 2.05) is 29.2 Å². The Bertz CT molecular complexity index is 1370. The second-order valence-electron chi connectivity index (χ2n) is 9.72. The van der Waals surface area contributed by atoms with Crippen LogP contribution in [0.3, 0.4) is 0 Å². The van der Waals surface area contributed by atoms with Gasteiger partial charge in [-0.15, -0.1) is 6.42 Å². The zero-order chi connectivity index (χ0) is 27.2. The number of likely N-dealkylation sites (tertiary alicyclic amines) is 1. The summed E-state index contributed by atoms with van der Waals surface area (Å²) in [6.45, 7) is 2.20. The van der Waals surface area contributed by atoms with Crippen molar-refractivity contribution in [2.75, 3.05) is 25.5 Å². The molecule has 38 heavy (non-hydrogen) atoms. The fraction of sp³-hybridized carbons (Fsp3) is 0.367. The van der Waals surface area contributed by atoms with Crippen LogP contribution in [0.2, 0.25) is 0 Å². The number of pyridine rings is 1. The number of nitrogens with one attached hydrogen (secondary N) is 1. The molecule has 3 atom stereocenters. The number of amides is 1. The Morgan fingerprint density at radius 1 is 1.29 bits per heavy atom. The predicted octanol–water partition coefficient (Wildman–Crippen LogP) is 5.06. The number of hydrogen-bond donors (Lipinski definition) is 2. The number of carbonyl (C=O) groups is 2. The molecule has 2 heterocycles. The number of fused-ring (bicyclic) bond motifs is 1. The number of benzene rings is 2. The van der Waals surface area contributed by atoms with Crippen LogP contribution in [0, 0.1) is 30.0 Å². The third kappa shape index (κ3) is 6.12. The minimum Gasteiger partial charge on any atom is -0.497 e. The van der Waals surface area contributed by atoms with Crippen LogP contribution in [0.4, 0.5) is 10.1 Å². The van der Waals surface area contributed by atoms with Crippen molar-refractivity contribution in [2.45, 2.75) is 38.6 Å². The summed E-state index contributed by atoms with van der Waals surface area (Å²) in [5, 5.41) is 13.8. The smallest absolute Gasteiger partial charge is 0.308 e. The van der Waals surface area contributed by atoms with Gasteiger partial charge in [0.05, 0.1) is 24.6 Å². The summed E-state index contributed by atoms with van der Waals surface area (Å²) in [6.07, 6.45) is 10.7. The Morgan fingerprint density at radius 3 is 2.82 bits per heavy atom. The van der Waals surface area contributed by atoms with E-state index in [0.717, 1.165) is 41.5 Å². The van der Waals surface area contributed by atoms with Gasteiger partial charge < -0.3 is 15.2 Å². The second kappa shape index (κ2) is 12.1. The first-order chi connectivity index (χ1) is 18.3. The van der Waals surface area contributed by atoms with Crippen molar-refractivity contribution < 1.29 is 23.8 Å². The number of nitrogens with zero attached hydrogens (tertiary/aromatic N) is 2. The molecule has 0 saturated carbocycles. The van der Waals surface area contributed by atoms with E-state index >= 15 is 0 Å². The maximum Gasteiger partial charge on any atom is 0.308 e. The summed E-state index contributed by atoms with van der Waals surface area (Å²) < 4.78 is 19.5. The molecule has 4 rings (SSSR count). The third-order valence-electron chi connectivity index (χ3n) is 7.31. The van der Waals surface area contributed by atoms with Crippen LogP contribution >= 0.6 is 0 Å². The SMILES string of the molecule is C#C[C@H](c1cc(F)ccc1NC(C)=O)N1CC[C@@H](CCCc2ccnc3ccc(OC)cc23)[C@@H](C(=O)O)C1. The van der Waals surface area contributed by atoms with Crippen LogP contribution in [0.1, 0.15) is 43.4 Å². The zero-order valence-corrected chi connectivity index (χ0v) is 21.6. The van der Waals surface area contributed by atoms with Crippen molar-refractivity contribution >= 4 is 28.5 Å². The van der Waals surface area contributed by atoms with Gasteiger partial charge >= 0.3 is 5.97 Å². The highest BCUT2D eigenvalue weighted by molar-refractivity contribution is 5.89. The summed E-state index contributed by atoms with van der Waals surface area (Å²) in [5.41, 5.74) is 2.93. The number of aryl methyl sites for hydroxylation is 1. The van der Waals surface area contributed by atoms with Gasteiger partial charge in [-0.2, -0.15) is 0 Å². The number of aromatic nitrogens is 1. The number of hydrogen-bond acceptors (Lipinski definition) is 5. The normalized spacial score (nSPS) is 18.5. The molecule has 1 aromatic heterocycles. The van der Waals surface area contributed by atoms with Gasteiger partial charge in [-0.1, -0.05) is 5.92 Å². The molecule has 8 heteroatoms. The molecule has 1 saturated heterocycles. The van der Waals surface area contributed by atoms with Gasteiger partial charge in [-0.05, 0) is 86.2 Å². The number of carboxylic acid groups (broad SMARTS) is 1. The maximum atomic E-state index is 14.1. The van der Waals surface area contributed by atoms with Crippen LogP contribution in [0.25, 0.3) is 10.9 Å². The first-order valence-corrected chi connectivity index (χ1v) is 12.7. The van der Waals surface area contributed by atoms with Crippen molar-refractivity contribution in [3.8, 4) is 18.1 Å². The summed E-state index contributed by atoms with van der Waals surface area (Å²) in [6, 6.07) is 11.2. The lowest BCUT2D eigenvalue weighted by Crippen LogP contribution is -2.45. The highest BCUT2D eigenvalue weighted by atomic mass is 19.1. The number of carboxylic acids is 1. The van der Waals surface area contributed by atoms with Crippen molar-refractivity contribution in [3.05, 3.63) is 65.6 Å². The molecular formula is C30H32FN3O4. The highest BCUT2D eigenvalue weighted by Crippen LogP contribution is 2.36. The first-order valence-electron chi connectivity index (χ1n) is 12.7. The van der Waals surface area contributed by atoms with Crippen molar-refractivity contribution in [2.24, 2.45) is 11.8 Å². The number of ether oxygens (including phenoxy) is 1. The standard InChI is InChI=1S/C30H32FN3O4/c1-4-29(25-16-22(31)8-10-28(25)33-19(2)35)34-15-13-21(26(18-34)30(36)37)7-5-6-20-12-14-32-27-11-9-23(38-3)17-24(20)27/h1,8-12,14,16-17,21,26,29H,5-7,13,15,18H2,2-3H3,(H,33,35)(H,36,37)/t21-,26+,29-/m1/s1. The van der Waals surface area contributed by atoms with E-state index < -0.39 is 23.7 Å². The maximum absolute atomic E-state index is 14.1. The quantitative estimate of drug-likeness (QED) is 0.386. The Labute approximate surface area is 222 Å². The predicted molar refractivity (Wildman–Crippen MR) is 144 cm³/mol. The van der Waals surface area contributed by atoms with E-state index in [9.17, 15) is 19.1 Å². The number of aliphatic carboxylic acids is 1. The molecule has 0 unspecified atom stereocenters. The molecule has 1 aliphatic heterocycles. The highest BCUT2D eigenvalue weighted by Gasteiger charge is 2.37. The molecule has 2 aromatic carbocycles. The van der Waals surface area contributed by atoms with Gasteiger partial charge in [-0.3, -0.25) is 19.5 Å². The molecule has 1 amide bonds. The van der Waals surface area contributed by atoms with Crippen LogP contribution in [-0.2, 0) is 16.0 Å². The Hall–Kier alpha value is -3.96. The molecule has 0 bridgehead atoms. The van der Waals surface area contributed by atoms with E-state index in [1.54, 1.807) is 13.3 Å². The minimum absolute atomic E-state index is 0.00728. The lowest BCUT2D eigenvalue weighted by Gasteiger charge is -2.39. The van der Waals surface area contributed by atoms with Crippen LogP contribution in [-0.4, -0.2) is 47.1 Å². The number of halogens is 1. The molecule has 0 spiro atoms. The van der Waals surface area contributed by atoms with Crippen molar-refractivity contribution in [1.29, 1.82) is 0 Å². The molecule has 2 N–H and O–H groups in total. The average Bonchev–Trinajstić information content (AvgIpc) is 2.90. The van der Waals surface area contributed by atoms with Gasteiger partial charge in [0, 0.05) is 36.3 Å². The molecule has 3 aromatic rings. The van der Waals surface area contributed by atoms with Gasteiger partial charge in [0.1, 0.15) is 11.6 Å². The molecule has 1 aliphatic rings. The third-order valence-corrected chi connectivity index (χ3v) is 7.31. The number of rotatable bonds is 9. The lowest BCUT2D eigenvalue weighted by atomic mass is 9.80. The molecule has 0 radical (unpaired) electrons. The molecule has 7 nitrogen and oxygen atoms in total. The molecular weight excluding hydrogens is 485 g/mol. The Morgan fingerprint density at radius 2 is 2.11 bits per heavy atom. The summed E-state index contributed by atoms with van der Waals surface area (Å²) in [7, 11) is 1.63. The van der Waals surface area contributed by atoms with Crippen molar-refractivity contribution in [1.82, 2.24) is 9.88 Å². The summed E-state index contributed by atoms with van der Waals surface area (Å²) in [5.74, 6) is 1.22. The van der Waals surface area contributed by atoms with Crippen LogP contribution in [0.5, 0.6) is 5.75 Å².